The highest BCUT2D eigenvalue weighted by Crippen LogP contribution is 2.10. The largest absolute Gasteiger partial charge is 0.279 e. The highest BCUT2D eigenvalue weighted by atomic mass is 16.6. The van der Waals surface area contributed by atoms with Crippen LogP contribution in [0.15, 0.2) is 36.4 Å². The van der Waals surface area contributed by atoms with Crippen LogP contribution in [-0.4, -0.2) is 7.11 Å². The molecule has 1 N–H and O–H groups in total. The van der Waals surface area contributed by atoms with Crippen molar-refractivity contribution in [2.75, 3.05) is 7.11 Å². The Balaban J connectivity index is 2.83. The number of hydrogen-bond acceptors (Lipinski definition) is 2. The van der Waals surface area contributed by atoms with Crippen LogP contribution in [0.25, 0.3) is 5.70 Å². The van der Waals surface area contributed by atoms with Gasteiger partial charge in [-0.15, -0.1) is 0 Å². The topological polar surface area (TPSA) is 21.3 Å². The Morgan fingerprint density at radius 3 is 2.62 bits per heavy atom. The third-order valence-corrected chi connectivity index (χ3v) is 1.71. The molecular weight excluding hydrogens is 162 g/mol. The van der Waals surface area contributed by atoms with Crippen LogP contribution in [0.4, 0.5) is 0 Å². The van der Waals surface area contributed by atoms with Crippen LogP contribution in [0.3, 0.4) is 0 Å². The van der Waals surface area contributed by atoms with Crippen LogP contribution >= 0.6 is 0 Å². The molecule has 0 saturated carbocycles. The minimum absolute atomic E-state index is 0.987. The molecule has 0 atom stereocenters. The summed E-state index contributed by atoms with van der Waals surface area (Å²) in [5, 5.41) is 0. The number of nitrogens with one attached hydrogen (secondary N) is 1. The maximum Gasteiger partial charge on any atom is 0.0636 e. The van der Waals surface area contributed by atoms with E-state index < -0.39 is 0 Å². The van der Waals surface area contributed by atoms with E-state index in [0.717, 1.165) is 17.7 Å². The fourth-order valence-electron chi connectivity index (χ4n) is 1.15. The number of hydrogen-bond donors (Lipinski definition) is 1. The van der Waals surface area contributed by atoms with Crippen molar-refractivity contribution in [3.63, 3.8) is 0 Å². The van der Waals surface area contributed by atoms with Crippen molar-refractivity contribution in [3.05, 3.63) is 42.0 Å². The second-order valence-electron chi connectivity index (χ2n) is 2.70. The van der Waals surface area contributed by atoms with Gasteiger partial charge in [-0.3, -0.25) is 10.3 Å². The molecule has 0 aromatic heterocycles. The summed E-state index contributed by atoms with van der Waals surface area (Å²) in [4.78, 5) is 4.89. The average molecular weight is 177 g/mol. The van der Waals surface area contributed by atoms with E-state index in [2.05, 4.69) is 18.5 Å². The van der Waals surface area contributed by atoms with Gasteiger partial charge >= 0.3 is 0 Å². The summed E-state index contributed by atoms with van der Waals surface area (Å²) in [5.74, 6) is 0. The van der Waals surface area contributed by atoms with Crippen LogP contribution < -0.4 is 5.48 Å². The molecule has 2 nitrogen and oxygen atoms in total. The molecule has 0 spiro atoms. The summed E-state index contributed by atoms with van der Waals surface area (Å²) < 4.78 is 0. The van der Waals surface area contributed by atoms with E-state index in [9.17, 15) is 0 Å². The summed E-state index contributed by atoms with van der Waals surface area (Å²) >= 11 is 0. The van der Waals surface area contributed by atoms with Gasteiger partial charge in [0.2, 0.25) is 0 Å². The first-order valence-corrected chi connectivity index (χ1v) is 4.43. The molecule has 0 aliphatic heterocycles. The molecule has 13 heavy (non-hydrogen) atoms. The summed E-state index contributed by atoms with van der Waals surface area (Å²) in [7, 11) is 1.62. The Morgan fingerprint density at radius 2 is 2.08 bits per heavy atom. The third kappa shape index (κ3) is 2.92. The summed E-state index contributed by atoms with van der Waals surface area (Å²) in [6.07, 6.45) is 3.08. The zero-order valence-corrected chi connectivity index (χ0v) is 8.08. The van der Waals surface area contributed by atoms with Crippen molar-refractivity contribution < 1.29 is 4.84 Å². The van der Waals surface area contributed by atoms with Crippen molar-refractivity contribution >= 4 is 5.70 Å². The molecule has 0 aliphatic rings. The van der Waals surface area contributed by atoms with Gasteiger partial charge in [-0.05, 0) is 12.0 Å². The van der Waals surface area contributed by atoms with Crippen molar-refractivity contribution in [1.82, 2.24) is 5.48 Å². The lowest BCUT2D eigenvalue weighted by atomic mass is 10.1. The molecule has 2 heteroatoms. The molecular formula is C11H15NO. The first kappa shape index (κ1) is 9.81. The van der Waals surface area contributed by atoms with Crippen molar-refractivity contribution in [2.45, 2.75) is 13.3 Å². The first-order valence-electron chi connectivity index (χ1n) is 4.43. The summed E-state index contributed by atoms with van der Waals surface area (Å²) in [6, 6.07) is 10.1. The molecule has 0 unspecified atom stereocenters. The van der Waals surface area contributed by atoms with Gasteiger partial charge in [0.05, 0.1) is 12.8 Å². The van der Waals surface area contributed by atoms with Crippen LogP contribution in [0.1, 0.15) is 18.9 Å². The average Bonchev–Trinajstić information content (AvgIpc) is 2.19. The number of benzene rings is 1. The monoisotopic (exact) mass is 177 g/mol. The fraction of sp³-hybridized carbons (Fsp3) is 0.273. The van der Waals surface area contributed by atoms with Crippen LogP contribution in [0.2, 0.25) is 0 Å². The smallest absolute Gasteiger partial charge is 0.0636 e. The van der Waals surface area contributed by atoms with E-state index in [-0.39, 0.29) is 0 Å². The summed E-state index contributed by atoms with van der Waals surface area (Å²) in [5.41, 5.74) is 5.02. The zero-order chi connectivity index (χ0) is 9.52. The molecule has 1 aromatic carbocycles. The predicted molar refractivity (Wildman–Crippen MR) is 54.9 cm³/mol. The second kappa shape index (κ2) is 5.38. The summed E-state index contributed by atoms with van der Waals surface area (Å²) in [6.45, 7) is 2.10. The van der Waals surface area contributed by atoms with Gasteiger partial charge in [0.25, 0.3) is 0 Å². The van der Waals surface area contributed by atoms with E-state index in [0.29, 0.717) is 0 Å². The van der Waals surface area contributed by atoms with E-state index in [1.54, 1.807) is 7.11 Å². The molecule has 0 radical (unpaired) electrons. The van der Waals surface area contributed by atoms with Gasteiger partial charge in [0, 0.05) is 0 Å². The van der Waals surface area contributed by atoms with E-state index >= 15 is 0 Å². The normalized spacial score (nSPS) is 11.4. The van der Waals surface area contributed by atoms with Crippen LogP contribution in [0, 0.1) is 0 Å². The Hall–Kier alpha value is -1.28. The molecule has 1 rings (SSSR count). The molecule has 0 amide bonds. The molecule has 0 saturated heterocycles. The van der Waals surface area contributed by atoms with Crippen molar-refractivity contribution in [2.24, 2.45) is 0 Å². The first-order chi connectivity index (χ1) is 6.38. The Bertz CT molecular complexity index is 267. The van der Waals surface area contributed by atoms with E-state index in [1.165, 1.54) is 0 Å². The lowest BCUT2D eigenvalue weighted by molar-refractivity contribution is 0.136. The lowest BCUT2D eigenvalue weighted by Gasteiger charge is -2.08. The quantitative estimate of drug-likeness (QED) is 0.714. The molecule has 0 bridgehead atoms. The number of rotatable bonds is 4. The Labute approximate surface area is 79.2 Å². The lowest BCUT2D eigenvalue weighted by Crippen LogP contribution is -2.09. The standard InChI is InChI=1S/C11H15NO/c1-3-7-11(12-13-2)10-8-5-4-6-9-10/h4-9,12H,3H2,1-2H3. The van der Waals surface area contributed by atoms with Crippen LogP contribution in [0.5, 0.6) is 0 Å². The molecule has 0 heterocycles. The zero-order valence-electron chi connectivity index (χ0n) is 8.08. The van der Waals surface area contributed by atoms with Gasteiger partial charge < -0.3 is 0 Å². The number of hydroxylamine groups is 1. The van der Waals surface area contributed by atoms with Crippen LogP contribution in [-0.2, 0) is 4.84 Å². The van der Waals surface area contributed by atoms with Gasteiger partial charge in [-0.2, -0.15) is 0 Å². The van der Waals surface area contributed by atoms with Gasteiger partial charge in [-0.1, -0.05) is 43.3 Å². The molecule has 0 fully saturated rings. The fourth-order valence-corrected chi connectivity index (χ4v) is 1.15. The minimum atomic E-state index is 0.987. The molecule has 70 valence electrons. The third-order valence-electron chi connectivity index (χ3n) is 1.71. The van der Waals surface area contributed by atoms with E-state index in [1.807, 2.05) is 30.3 Å². The highest BCUT2D eigenvalue weighted by Gasteiger charge is 1.97. The SMILES string of the molecule is CCC=C(NOC)c1ccccc1. The van der Waals surface area contributed by atoms with Gasteiger partial charge in [-0.25, -0.2) is 0 Å². The van der Waals surface area contributed by atoms with E-state index in [4.69, 9.17) is 4.84 Å². The minimum Gasteiger partial charge on any atom is -0.279 e. The Kier molecular flexibility index (Phi) is 4.06. The second-order valence-corrected chi connectivity index (χ2v) is 2.70. The number of allylic oxidation sites excluding steroid dienone is 1. The maximum absolute atomic E-state index is 4.89. The maximum atomic E-state index is 4.89. The predicted octanol–water partition coefficient (Wildman–Crippen LogP) is 2.59. The Morgan fingerprint density at radius 1 is 1.38 bits per heavy atom. The molecule has 1 aromatic rings. The van der Waals surface area contributed by atoms with Crippen molar-refractivity contribution in [1.29, 1.82) is 0 Å². The van der Waals surface area contributed by atoms with Gasteiger partial charge in [0.1, 0.15) is 0 Å². The molecule has 0 aliphatic carbocycles. The van der Waals surface area contributed by atoms with Gasteiger partial charge in [0.15, 0.2) is 0 Å². The van der Waals surface area contributed by atoms with Crippen molar-refractivity contribution in [3.8, 4) is 0 Å². The highest BCUT2D eigenvalue weighted by molar-refractivity contribution is 5.62.